The topological polar surface area (TPSA) is 17.1 Å². The van der Waals surface area contributed by atoms with Crippen LogP contribution >= 0.6 is 0 Å². The average Bonchev–Trinajstić information content (AvgIpc) is 2.76. The summed E-state index contributed by atoms with van der Waals surface area (Å²) >= 11 is 0. The molecule has 0 N–H and O–H groups in total. The Labute approximate surface area is 166 Å². The van der Waals surface area contributed by atoms with Crippen LogP contribution in [0.1, 0.15) is 38.2 Å². The zero-order valence-corrected chi connectivity index (χ0v) is 15.7. The molecule has 0 spiro atoms. The molecule has 1 nitrogen and oxygen atoms in total. The van der Waals surface area contributed by atoms with Crippen LogP contribution in [0, 0.1) is 0 Å². The second-order valence-corrected chi connectivity index (χ2v) is 6.97. The van der Waals surface area contributed by atoms with Gasteiger partial charge in [-0.05, 0) is 35.1 Å². The molecule has 0 radical (unpaired) electrons. The number of carbonyl (C=O) groups excluding carboxylic acids is 1. The van der Waals surface area contributed by atoms with Gasteiger partial charge in [-0.1, -0.05) is 109 Å². The summed E-state index contributed by atoms with van der Waals surface area (Å²) in [6.45, 7) is 0. The number of hydrogen-bond acceptors (Lipinski definition) is 1. The molecule has 0 unspecified atom stereocenters. The van der Waals surface area contributed by atoms with Gasteiger partial charge in [0.15, 0.2) is 5.78 Å². The van der Waals surface area contributed by atoms with Gasteiger partial charge < -0.3 is 0 Å². The number of rotatable bonds is 6. The fourth-order valence-corrected chi connectivity index (χ4v) is 3.57. The van der Waals surface area contributed by atoms with Gasteiger partial charge in [-0.3, -0.25) is 4.79 Å². The summed E-state index contributed by atoms with van der Waals surface area (Å²) in [5, 5.41) is 0. The van der Waals surface area contributed by atoms with Gasteiger partial charge >= 0.3 is 0 Å². The van der Waals surface area contributed by atoms with E-state index in [1.165, 1.54) is 11.1 Å². The fraction of sp³-hybridized carbons (Fsp3) is 0.0741. The molecule has 0 saturated carbocycles. The van der Waals surface area contributed by atoms with E-state index in [1.807, 2.05) is 72.8 Å². The summed E-state index contributed by atoms with van der Waals surface area (Å²) in [7, 11) is 0. The highest BCUT2D eigenvalue weighted by atomic mass is 16.1. The van der Waals surface area contributed by atoms with Crippen LogP contribution in [0.3, 0.4) is 0 Å². The Morgan fingerprint density at radius 2 is 0.821 bits per heavy atom. The van der Waals surface area contributed by atoms with Gasteiger partial charge in [0, 0.05) is 11.1 Å². The molecule has 0 fully saturated rings. The Hall–Kier alpha value is -3.45. The Bertz CT molecular complexity index is 978. The number of ketones is 1. The molecular weight excluding hydrogens is 340 g/mol. The smallest absolute Gasteiger partial charge is 0.193 e. The van der Waals surface area contributed by atoms with Crippen LogP contribution in [0.5, 0.6) is 0 Å². The van der Waals surface area contributed by atoms with Crippen molar-refractivity contribution in [1.29, 1.82) is 0 Å². The van der Waals surface area contributed by atoms with Gasteiger partial charge in [-0.2, -0.15) is 0 Å². The fourth-order valence-electron chi connectivity index (χ4n) is 3.57. The van der Waals surface area contributed by atoms with Crippen LogP contribution in [0.2, 0.25) is 0 Å². The summed E-state index contributed by atoms with van der Waals surface area (Å²) in [6, 6.07) is 36.5. The van der Waals surface area contributed by atoms with Crippen molar-refractivity contribution >= 4 is 5.78 Å². The van der Waals surface area contributed by atoms with Gasteiger partial charge in [0.05, 0.1) is 0 Å². The molecule has 4 aromatic rings. The van der Waals surface area contributed by atoms with Crippen molar-refractivity contribution < 1.29 is 4.79 Å². The van der Waals surface area contributed by atoms with E-state index in [4.69, 9.17) is 0 Å². The van der Waals surface area contributed by atoms with E-state index in [2.05, 4.69) is 36.4 Å². The highest BCUT2D eigenvalue weighted by molar-refractivity contribution is 6.10. The summed E-state index contributed by atoms with van der Waals surface area (Å²) in [5.41, 5.74) is 6.11. The van der Waals surface area contributed by atoms with Crippen LogP contribution in [0.4, 0.5) is 0 Å². The molecule has 4 rings (SSSR count). The van der Waals surface area contributed by atoms with E-state index >= 15 is 0 Å². The van der Waals surface area contributed by atoms with Crippen LogP contribution in [-0.4, -0.2) is 5.78 Å². The highest BCUT2D eigenvalue weighted by Gasteiger charge is 2.16. The Morgan fingerprint density at radius 1 is 0.464 bits per heavy atom. The molecule has 0 aliphatic rings. The minimum atomic E-state index is 0.0954. The van der Waals surface area contributed by atoms with Crippen molar-refractivity contribution in [2.24, 2.45) is 0 Å². The van der Waals surface area contributed by atoms with E-state index in [0.717, 1.165) is 35.1 Å². The van der Waals surface area contributed by atoms with Crippen LogP contribution < -0.4 is 0 Å². The first-order valence-corrected chi connectivity index (χ1v) is 9.59. The summed E-state index contributed by atoms with van der Waals surface area (Å²) in [5.74, 6) is 0.0954. The lowest BCUT2D eigenvalue weighted by atomic mass is 9.90. The average molecular weight is 362 g/mol. The normalized spacial score (nSPS) is 10.6. The van der Waals surface area contributed by atoms with Crippen molar-refractivity contribution in [3.8, 4) is 0 Å². The molecule has 0 atom stereocenters. The van der Waals surface area contributed by atoms with Gasteiger partial charge in [0.25, 0.3) is 0 Å². The molecule has 1 heteroatoms. The third kappa shape index (κ3) is 4.10. The van der Waals surface area contributed by atoms with E-state index in [1.54, 1.807) is 0 Å². The lowest BCUT2D eigenvalue weighted by Crippen LogP contribution is -2.09. The molecule has 28 heavy (non-hydrogen) atoms. The molecule has 0 aliphatic carbocycles. The van der Waals surface area contributed by atoms with E-state index in [-0.39, 0.29) is 5.78 Å². The predicted molar refractivity (Wildman–Crippen MR) is 115 cm³/mol. The van der Waals surface area contributed by atoms with Crippen LogP contribution in [0.15, 0.2) is 109 Å². The van der Waals surface area contributed by atoms with Crippen LogP contribution in [0.25, 0.3) is 0 Å². The van der Waals surface area contributed by atoms with Gasteiger partial charge in [-0.15, -0.1) is 0 Å². The summed E-state index contributed by atoms with van der Waals surface area (Å²) < 4.78 is 0. The standard InChI is InChI=1S/C27H22O/c28-27(25-17-9-7-15-23(25)19-21-11-3-1-4-12-21)26-18-10-8-16-24(26)20-22-13-5-2-6-14-22/h1-18H,19-20H2. The zero-order valence-electron chi connectivity index (χ0n) is 15.7. The SMILES string of the molecule is O=C(c1ccccc1Cc1ccccc1)c1ccccc1Cc1ccccc1. The third-order valence-corrected chi connectivity index (χ3v) is 5.00. The summed E-state index contributed by atoms with van der Waals surface area (Å²) in [4.78, 5) is 13.5. The molecule has 0 aromatic heterocycles. The Morgan fingerprint density at radius 3 is 1.25 bits per heavy atom. The first kappa shape index (κ1) is 17.9. The number of carbonyl (C=O) groups is 1. The second-order valence-electron chi connectivity index (χ2n) is 6.97. The molecular formula is C27H22O. The molecule has 0 aliphatic heterocycles. The van der Waals surface area contributed by atoms with Crippen molar-refractivity contribution in [3.63, 3.8) is 0 Å². The molecule has 0 bridgehead atoms. The molecule has 0 amide bonds. The van der Waals surface area contributed by atoms with E-state index in [0.29, 0.717) is 0 Å². The number of hydrogen-bond donors (Lipinski definition) is 0. The quantitative estimate of drug-likeness (QED) is 0.379. The van der Waals surface area contributed by atoms with Gasteiger partial charge in [0.1, 0.15) is 0 Å². The zero-order chi connectivity index (χ0) is 19.2. The molecule has 0 heterocycles. The van der Waals surface area contributed by atoms with Crippen molar-refractivity contribution in [3.05, 3.63) is 143 Å². The lowest BCUT2D eigenvalue weighted by molar-refractivity contribution is 0.103. The maximum Gasteiger partial charge on any atom is 0.193 e. The van der Waals surface area contributed by atoms with Crippen molar-refractivity contribution in [1.82, 2.24) is 0 Å². The van der Waals surface area contributed by atoms with Crippen molar-refractivity contribution in [2.45, 2.75) is 12.8 Å². The monoisotopic (exact) mass is 362 g/mol. The number of benzene rings is 4. The third-order valence-electron chi connectivity index (χ3n) is 5.00. The van der Waals surface area contributed by atoms with E-state index in [9.17, 15) is 4.79 Å². The van der Waals surface area contributed by atoms with Gasteiger partial charge in [0.2, 0.25) is 0 Å². The lowest BCUT2D eigenvalue weighted by Gasteiger charge is -2.12. The molecule has 0 saturated heterocycles. The minimum Gasteiger partial charge on any atom is -0.289 e. The van der Waals surface area contributed by atoms with Crippen molar-refractivity contribution in [2.75, 3.05) is 0 Å². The molecule has 4 aromatic carbocycles. The van der Waals surface area contributed by atoms with Gasteiger partial charge in [-0.25, -0.2) is 0 Å². The molecule has 136 valence electrons. The minimum absolute atomic E-state index is 0.0954. The Balaban J connectivity index is 1.67. The maximum absolute atomic E-state index is 13.5. The maximum atomic E-state index is 13.5. The van der Waals surface area contributed by atoms with Crippen LogP contribution in [-0.2, 0) is 12.8 Å². The Kier molecular flexibility index (Phi) is 5.44. The first-order chi connectivity index (χ1) is 13.8. The largest absolute Gasteiger partial charge is 0.289 e. The van der Waals surface area contributed by atoms with E-state index < -0.39 is 0 Å². The predicted octanol–water partition coefficient (Wildman–Crippen LogP) is 6.10. The summed E-state index contributed by atoms with van der Waals surface area (Å²) in [6.07, 6.45) is 1.51. The first-order valence-electron chi connectivity index (χ1n) is 9.59. The highest BCUT2D eigenvalue weighted by Crippen LogP contribution is 2.22. The second kappa shape index (κ2) is 8.49.